The van der Waals surface area contributed by atoms with Crippen LogP contribution < -0.4 is 11.3 Å². The lowest BCUT2D eigenvalue weighted by Gasteiger charge is -2.46. The van der Waals surface area contributed by atoms with Crippen molar-refractivity contribution < 1.29 is 4.74 Å². The molecule has 5 nitrogen and oxygen atoms in total. The van der Waals surface area contributed by atoms with Crippen molar-refractivity contribution in [1.29, 1.82) is 0 Å². The zero-order valence-corrected chi connectivity index (χ0v) is 11.6. The average molecular weight is 252 g/mol. The number of methoxy groups -OCH3 is 1. The Labute approximate surface area is 109 Å². The number of ether oxygens (including phenoxy) is 1. The average Bonchev–Trinajstić information content (AvgIpc) is 2.68. The summed E-state index contributed by atoms with van der Waals surface area (Å²) in [6.07, 6.45) is 5.20. The molecule has 1 aliphatic carbocycles. The van der Waals surface area contributed by atoms with Crippen molar-refractivity contribution in [2.75, 3.05) is 7.11 Å². The van der Waals surface area contributed by atoms with Gasteiger partial charge in [-0.05, 0) is 31.7 Å². The second-order valence-electron chi connectivity index (χ2n) is 5.15. The molecule has 0 aromatic carbocycles. The van der Waals surface area contributed by atoms with E-state index in [1.807, 2.05) is 11.7 Å². The van der Waals surface area contributed by atoms with Gasteiger partial charge in [-0.25, -0.2) is 0 Å². The fourth-order valence-corrected chi connectivity index (χ4v) is 2.76. The van der Waals surface area contributed by atoms with Crippen LogP contribution in [0.15, 0.2) is 6.07 Å². The summed E-state index contributed by atoms with van der Waals surface area (Å²) in [5, 5.41) is 4.48. The van der Waals surface area contributed by atoms with E-state index in [1.165, 1.54) is 12.1 Å². The summed E-state index contributed by atoms with van der Waals surface area (Å²) in [6, 6.07) is 2.31. The second kappa shape index (κ2) is 5.38. The Morgan fingerprint density at radius 1 is 1.61 bits per heavy atom. The Bertz CT molecular complexity index is 392. The normalized spacial score (nSPS) is 19.6. The lowest BCUT2D eigenvalue weighted by atomic mass is 9.73. The van der Waals surface area contributed by atoms with E-state index in [1.54, 1.807) is 7.11 Å². The lowest BCUT2D eigenvalue weighted by molar-refractivity contribution is -0.0985. The van der Waals surface area contributed by atoms with Crippen molar-refractivity contribution in [2.24, 2.45) is 12.9 Å². The molecule has 1 unspecified atom stereocenters. The Kier molecular flexibility index (Phi) is 4.04. The molecule has 1 saturated carbocycles. The molecular formula is C13H24N4O. The van der Waals surface area contributed by atoms with Gasteiger partial charge < -0.3 is 4.74 Å². The van der Waals surface area contributed by atoms with Crippen LogP contribution in [0, 0.1) is 0 Å². The highest BCUT2D eigenvalue weighted by Crippen LogP contribution is 2.38. The molecule has 1 fully saturated rings. The van der Waals surface area contributed by atoms with Gasteiger partial charge in [0.1, 0.15) is 0 Å². The summed E-state index contributed by atoms with van der Waals surface area (Å²) in [5.41, 5.74) is 5.18. The largest absolute Gasteiger partial charge is 0.377 e. The molecule has 1 aliphatic rings. The summed E-state index contributed by atoms with van der Waals surface area (Å²) < 4.78 is 7.65. The van der Waals surface area contributed by atoms with E-state index in [-0.39, 0.29) is 11.6 Å². The predicted molar refractivity (Wildman–Crippen MR) is 71.0 cm³/mol. The van der Waals surface area contributed by atoms with Gasteiger partial charge in [-0.3, -0.25) is 16.0 Å². The van der Waals surface area contributed by atoms with Crippen LogP contribution in [0.2, 0.25) is 0 Å². The number of hydrazine groups is 1. The van der Waals surface area contributed by atoms with Crippen LogP contribution in [0.4, 0.5) is 0 Å². The van der Waals surface area contributed by atoms with Crippen LogP contribution in [-0.4, -0.2) is 28.5 Å². The first-order valence-electron chi connectivity index (χ1n) is 6.68. The number of rotatable bonds is 6. The minimum atomic E-state index is -0.0919. The highest BCUT2D eigenvalue weighted by atomic mass is 16.5. The predicted octanol–water partition coefficient (Wildman–Crippen LogP) is 0.926. The van der Waals surface area contributed by atoms with Crippen molar-refractivity contribution in [3.05, 3.63) is 17.5 Å². The van der Waals surface area contributed by atoms with E-state index in [9.17, 15) is 0 Å². The van der Waals surface area contributed by atoms with Crippen molar-refractivity contribution in [2.45, 2.75) is 50.7 Å². The molecule has 0 spiro atoms. The summed E-state index contributed by atoms with van der Waals surface area (Å²) in [4.78, 5) is 0. The van der Waals surface area contributed by atoms with E-state index < -0.39 is 0 Å². The third-order valence-electron chi connectivity index (χ3n) is 4.25. The van der Waals surface area contributed by atoms with E-state index >= 15 is 0 Å². The van der Waals surface area contributed by atoms with Gasteiger partial charge in [-0.15, -0.1) is 0 Å². The molecule has 1 aromatic heterocycles. The molecule has 5 heteroatoms. The van der Waals surface area contributed by atoms with Gasteiger partial charge in [0.2, 0.25) is 0 Å². The van der Waals surface area contributed by atoms with Crippen molar-refractivity contribution in [1.82, 2.24) is 15.2 Å². The van der Waals surface area contributed by atoms with Crippen LogP contribution >= 0.6 is 0 Å². The van der Waals surface area contributed by atoms with Gasteiger partial charge in [0.15, 0.2) is 0 Å². The van der Waals surface area contributed by atoms with Crippen molar-refractivity contribution >= 4 is 0 Å². The zero-order valence-electron chi connectivity index (χ0n) is 11.6. The van der Waals surface area contributed by atoms with Crippen LogP contribution in [0.5, 0.6) is 0 Å². The van der Waals surface area contributed by atoms with Gasteiger partial charge in [-0.1, -0.05) is 6.92 Å². The molecule has 0 radical (unpaired) electrons. The number of hydrogen-bond acceptors (Lipinski definition) is 4. The first-order valence-corrected chi connectivity index (χ1v) is 6.68. The number of aromatic nitrogens is 2. The molecule has 1 atom stereocenters. The molecule has 102 valence electrons. The summed E-state index contributed by atoms with van der Waals surface area (Å²) in [6.45, 7) is 2.12. The van der Waals surface area contributed by atoms with Gasteiger partial charge >= 0.3 is 0 Å². The topological polar surface area (TPSA) is 65.1 Å². The maximum absolute atomic E-state index is 5.72. The number of nitrogens with one attached hydrogen (secondary N) is 1. The molecule has 0 amide bonds. The van der Waals surface area contributed by atoms with Crippen molar-refractivity contribution in [3.63, 3.8) is 0 Å². The molecule has 0 saturated heterocycles. The molecule has 2 rings (SSSR count). The van der Waals surface area contributed by atoms with Crippen LogP contribution in [0.25, 0.3) is 0 Å². The van der Waals surface area contributed by atoms with Gasteiger partial charge in [0, 0.05) is 26.3 Å². The smallest absolute Gasteiger partial charge is 0.0848 e. The van der Waals surface area contributed by atoms with Crippen molar-refractivity contribution in [3.8, 4) is 0 Å². The first kappa shape index (κ1) is 13.5. The van der Waals surface area contributed by atoms with Gasteiger partial charge in [-0.2, -0.15) is 5.10 Å². The second-order valence-corrected chi connectivity index (χ2v) is 5.15. The highest BCUT2D eigenvalue weighted by Gasteiger charge is 2.44. The lowest BCUT2D eigenvalue weighted by Crippen LogP contribution is -2.59. The number of nitrogens with two attached hydrogens (primary N) is 1. The molecule has 1 heterocycles. The number of hydrogen-bond donors (Lipinski definition) is 2. The standard InChI is InChI=1S/C13H24N4O/c1-4-10-8-11(17(2)16-10)9-12(15-14)13(18-3)6-5-7-13/h8,12,15H,4-7,9,14H2,1-3H3. The summed E-state index contributed by atoms with van der Waals surface area (Å²) in [7, 11) is 3.77. The van der Waals surface area contributed by atoms with Gasteiger partial charge in [0.05, 0.1) is 17.3 Å². The summed E-state index contributed by atoms with van der Waals surface area (Å²) >= 11 is 0. The number of nitrogens with zero attached hydrogens (tertiary/aromatic N) is 2. The van der Waals surface area contributed by atoms with E-state index in [4.69, 9.17) is 10.6 Å². The fourth-order valence-electron chi connectivity index (χ4n) is 2.76. The van der Waals surface area contributed by atoms with E-state index in [0.29, 0.717) is 0 Å². The highest BCUT2D eigenvalue weighted by molar-refractivity contribution is 5.14. The molecular weight excluding hydrogens is 228 g/mol. The quantitative estimate of drug-likeness (QED) is 0.584. The van der Waals surface area contributed by atoms with E-state index in [2.05, 4.69) is 23.5 Å². The van der Waals surface area contributed by atoms with Gasteiger partial charge in [0.25, 0.3) is 0 Å². The Morgan fingerprint density at radius 2 is 2.33 bits per heavy atom. The first-order chi connectivity index (χ1) is 8.65. The Balaban J connectivity index is 2.12. The maximum Gasteiger partial charge on any atom is 0.0848 e. The number of aryl methyl sites for hydroxylation is 2. The minimum Gasteiger partial charge on any atom is -0.377 e. The van der Waals surface area contributed by atoms with Crippen LogP contribution in [0.3, 0.4) is 0 Å². The van der Waals surface area contributed by atoms with Crippen LogP contribution in [-0.2, 0) is 24.6 Å². The minimum absolute atomic E-state index is 0.0919. The van der Waals surface area contributed by atoms with E-state index in [0.717, 1.165) is 31.4 Å². The fraction of sp³-hybridized carbons (Fsp3) is 0.769. The Hall–Kier alpha value is -0.910. The maximum atomic E-state index is 5.72. The monoisotopic (exact) mass is 252 g/mol. The zero-order chi connectivity index (χ0) is 13.2. The Morgan fingerprint density at radius 3 is 2.72 bits per heavy atom. The molecule has 1 aromatic rings. The SMILES string of the molecule is CCc1cc(CC(NN)C2(OC)CCC2)n(C)n1. The molecule has 0 aliphatic heterocycles. The molecule has 0 bridgehead atoms. The summed E-state index contributed by atoms with van der Waals surface area (Å²) in [5.74, 6) is 5.72. The third-order valence-corrected chi connectivity index (χ3v) is 4.25. The van der Waals surface area contributed by atoms with Crippen LogP contribution in [0.1, 0.15) is 37.6 Å². The third kappa shape index (κ3) is 2.30. The molecule has 18 heavy (non-hydrogen) atoms. The molecule has 3 N–H and O–H groups in total.